The van der Waals surface area contributed by atoms with E-state index in [9.17, 15) is 0 Å². The minimum absolute atomic E-state index is 0.625. The van der Waals surface area contributed by atoms with Gasteiger partial charge < -0.3 is 13.7 Å². The van der Waals surface area contributed by atoms with E-state index in [-0.39, 0.29) is 0 Å². The van der Waals surface area contributed by atoms with E-state index < -0.39 is 0 Å². The maximum Gasteiger partial charge on any atom is 0.140 e. The summed E-state index contributed by atoms with van der Waals surface area (Å²) in [5.74, 6) is 0. The van der Waals surface area contributed by atoms with Gasteiger partial charge in [-0.15, -0.1) is 0 Å². The van der Waals surface area contributed by atoms with Crippen molar-refractivity contribution in [2.75, 3.05) is 0 Å². The van der Waals surface area contributed by atoms with Crippen LogP contribution in [0.4, 0.5) is 0 Å². The summed E-state index contributed by atoms with van der Waals surface area (Å²) in [7, 11) is 2.04. The summed E-state index contributed by atoms with van der Waals surface area (Å²) in [6, 6.07) is 16.8. The Hall–Kier alpha value is -5.70. The van der Waals surface area contributed by atoms with Gasteiger partial charge in [0.1, 0.15) is 16.7 Å². The van der Waals surface area contributed by atoms with Crippen LogP contribution in [-0.4, -0.2) is 43.6 Å². The second-order valence-electron chi connectivity index (χ2n) is 10.7. The minimum Gasteiger partial charge on any atom is -0.334 e. The molecule has 0 bridgehead atoms. The molecule has 0 unspecified atom stereocenters. The van der Waals surface area contributed by atoms with Gasteiger partial charge in [-0.2, -0.15) is 0 Å². The molecule has 42 heavy (non-hydrogen) atoms. The fraction of sp³-hybridized carbons (Fsp3) is 0.0909. The van der Waals surface area contributed by atoms with Crippen LogP contribution in [0, 0.1) is 0 Å². The summed E-state index contributed by atoms with van der Waals surface area (Å²) in [4.78, 5) is 27.8. The lowest BCUT2D eigenvalue weighted by Gasteiger charge is -2.09. The monoisotopic (exact) mass is 545 g/mol. The predicted molar refractivity (Wildman–Crippen MR) is 164 cm³/mol. The largest absolute Gasteiger partial charge is 0.334 e. The molecule has 0 aromatic carbocycles. The highest BCUT2D eigenvalue weighted by Gasteiger charge is 2.17. The fourth-order valence-corrected chi connectivity index (χ4v) is 6.42. The van der Waals surface area contributed by atoms with E-state index in [2.05, 4.69) is 71.1 Å². The van der Waals surface area contributed by atoms with Crippen LogP contribution < -0.4 is 0 Å². The van der Waals surface area contributed by atoms with Crippen molar-refractivity contribution >= 4 is 65.8 Å². The van der Waals surface area contributed by atoms with Crippen LogP contribution in [0.1, 0.15) is 11.3 Å². The van der Waals surface area contributed by atoms with E-state index in [1.165, 1.54) is 0 Å². The van der Waals surface area contributed by atoms with Gasteiger partial charge >= 0.3 is 0 Å². The Morgan fingerprint density at radius 3 is 2.14 bits per heavy atom. The molecule has 9 aromatic heterocycles. The molecule has 0 radical (unpaired) electrons. The maximum absolute atomic E-state index is 5.19. The highest BCUT2D eigenvalue weighted by molar-refractivity contribution is 6.08. The molecule has 9 nitrogen and oxygen atoms in total. The number of aryl methyl sites for hydroxylation is 1. The third-order valence-corrected chi connectivity index (χ3v) is 8.35. The number of nitrogens with zero attached hydrogens (tertiary/aromatic N) is 9. The summed E-state index contributed by atoms with van der Waals surface area (Å²) < 4.78 is 6.68. The molecule has 9 rings (SSSR count). The standard InChI is InChI=1S/C33H23N9/c1-40-30-17-36-10-6-22(30)23-13-20(14-38-33(23)40)18-41-28-3-2-9-37-31(28)32-29(41)5-4-21(39-32)19-42-26-7-11-34-15-24(26)25-16-35-12-8-27(25)42/h2-17H,18-19H2,1H3. The molecule has 0 saturated carbocycles. The van der Waals surface area contributed by atoms with Gasteiger partial charge in [0.15, 0.2) is 0 Å². The van der Waals surface area contributed by atoms with Crippen molar-refractivity contribution in [2.24, 2.45) is 7.05 Å². The van der Waals surface area contributed by atoms with E-state index in [1.807, 2.05) is 62.7 Å². The van der Waals surface area contributed by atoms with Gasteiger partial charge in [-0.3, -0.25) is 19.9 Å². The number of rotatable bonds is 4. The Balaban J connectivity index is 1.17. The minimum atomic E-state index is 0.625. The van der Waals surface area contributed by atoms with Crippen molar-refractivity contribution in [3.05, 3.63) is 109 Å². The zero-order valence-electron chi connectivity index (χ0n) is 22.7. The Morgan fingerprint density at radius 1 is 0.571 bits per heavy atom. The second-order valence-corrected chi connectivity index (χ2v) is 10.7. The lowest BCUT2D eigenvalue weighted by Crippen LogP contribution is -2.03. The molecule has 0 saturated heterocycles. The Bertz CT molecular complexity index is 2450. The Labute approximate surface area is 238 Å². The molecular formula is C33H23N9. The molecule has 200 valence electrons. The SMILES string of the molecule is Cn1c2cnccc2c2cc(Cn3c4cccnc4c4nc(Cn5c6ccncc6c6cnccc65)ccc43)cnc21. The van der Waals surface area contributed by atoms with Crippen LogP contribution in [0.3, 0.4) is 0 Å². The normalized spacial score (nSPS) is 12.1. The molecular weight excluding hydrogens is 522 g/mol. The first-order valence-corrected chi connectivity index (χ1v) is 13.8. The maximum atomic E-state index is 5.19. The highest BCUT2D eigenvalue weighted by Crippen LogP contribution is 2.32. The summed E-state index contributed by atoms with van der Waals surface area (Å²) in [6.07, 6.45) is 15.0. The molecule has 9 heterocycles. The number of hydrogen-bond acceptors (Lipinski definition) is 6. The van der Waals surface area contributed by atoms with E-state index >= 15 is 0 Å². The molecule has 0 amide bonds. The molecule has 0 N–H and O–H groups in total. The van der Waals surface area contributed by atoms with Gasteiger partial charge in [0.05, 0.1) is 46.0 Å². The van der Waals surface area contributed by atoms with Crippen LogP contribution in [0.5, 0.6) is 0 Å². The number of pyridine rings is 6. The molecule has 0 spiro atoms. The molecule has 9 heteroatoms. The molecule has 9 aromatic rings. The van der Waals surface area contributed by atoms with Crippen LogP contribution in [0.15, 0.2) is 98.1 Å². The molecule has 0 aliphatic rings. The second kappa shape index (κ2) is 8.65. The van der Waals surface area contributed by atoms with Crippen LogP contribution in [0.2, 0.25) is 0 Å². The van der Waals surface area contributed by atoms with Crippen LogP contribution in [0.25, 0.3) is 65.8 Å². The third kappa shape index (κ3) is 3.24. The quantitative estimate of drug-likeness (QED) is 0.269. The van der Waals surface area contributed by atoms with Gasteiger partial charge in [-0.25, -0.2) is 9.97 Å². The Morgan fingerprint density at radius 2 is 1.31 bits per heavy atom. The van der Waals surface area contributed by atoms with E-state index in [0.717, 1.165) is 77.1 Å². The average Bonchev–Trinajstić information content (AvgIpc) is 3.63. The van der Waals surface area contributed by atoms with Crippen molar-refractivity contribution in [1.82, 2.24) is 43.6 Å². The fourth-order valence-electron chi connectivity index (χ4n) is 6.42. The smallest absolute Gasteiger partial charge is 0.140 e. The predicted octanol–water partition coefficient (Wildman–Crippen LogP) is 6.01. The first kappa shape index (κ1) is 23.0. The molecule has 0 aliphatic heterocycles. The van der Waals surface area contributed by atoms with Gasteiger partial charge in [0.2, 0.25) is 0 Å². The van der Waals surface area contributed by atoms with E-state index in [1.54, 1.807) is 0 Å². The zero-order valence-corrected chi connectivity index (χ0v) is 22.7. The molecule has 0 aliphatic carbocycles. The summed E-state index contributed by atoms with van der Waals surface area (Å²) >= 11 is 0. The van der Waals surface area contributed by atoms with E-state index in [4.69, 9.17) is 15.0 Å². The lowest BCUT2D eigenvalue weighted by atomic mass is 10.2. The van der Waals surface area contributed by atoms with Crippen molar-refractivity contribution < 1.29 is 0 Å². The zero-order chi connectivity index (χ0) is 27.8. The van der Waals surface area contributed by atoms with Gasteiger partial charge in [0.25, 0.3) is 0 Å². The number of hydrogen-bond donors (Lipinski definition) is 0. The van der Waals surface area contributed by atoms with Crippen molar-refractivity contribution in [3.8, 4) is 0 Å². The number of aromatic nitrogens is 9. The van der Waals surface area contributed by atoms with Gasteiger partial charge in [0, 0.05) is 78.5 Å². The first-order chi connectivity index (χ1) is 20.7. The van der Waals surface area contributed by atoms with Crippen molar-refractivity contribution in [1.29, 1.82) is 0 Å². The average molecular weight is 546 g/mol. The topological polar surface area (TPSA) is 92.1 Å². The van der Waals surface area contributed by atoms with Gasteiger partial charge in [-0.1, -0.05) is 0 Å². The van der Waals surface area contributed by atoms with Gasteiger partial charge in [-0.05, 0) is 54.1 Å². The summed E-state index contributed by atoms with van der Waals surface area (Å²) in [6.45, 7) is 1.28. The summed E-state index contributed by atoms with van der Waals surface area (Å²) in [5.41, 5.74) is 10.2. The summed E-state index contributed by atoms with van der Waals surface area (Å²) in [5, 5.41) is 4.47. The third-order valence-electron chi connectivity index (χ3n) is 8.35. The number of fused-ring (bicyclic) bond motifs is 9. The highest BCUT2D eigenvalue weighted by atomic mass is 15.0. The van der Waals surface area contributed by atoms with E-state index in [0.29, 0.717) is 13.1 Å². The van der Waals surface area contributed by atoms with Crippen LogP contribution in [-0.2, 0) is 20.1 Å². The van der Waals surface area contributed by atoms with Crippen molar-refractivity contribution in [2.45, 2.75) is 13.1 Å². The molecule has 0 fully saturated rings. The van der Waals surface area contributed by atoms with Crippen LogP contribution >= 0.6 is 0 Å². The Kier molecular flexibility index (Phi) is 4.75. The molecule has 0 atom stereocenters. The lowest BCUT2D eigenvalue weighted by molar-refractivity contribution is 0.835. The van der Waals surface area contributed by atoms with Crippen molar-refractivity contribution in [3.63, 3.8) is 0 Å². The first-order valence-electron chi connectivity index (χ1n) is 13.8.